The molecule has 1 saturated heterocycles. The highest BCUT2D eigenvalue weighted by Crippen LogP contribution is 2.22. The number of rotatable bonds is 6. The van der Waals surface area contributed by atoms with Crippen molar-refractivity contribution < 1.29 is 9.53 Å². The van der Waals surface area contributed by atoms with Gasteiger partial charge in [-0.15, -0.1) is 0 Å². The molecular weight excluding hydrogens is 392 g/mol. The van der Waals surface area contributed by atoms with Crippen molar-refractivity contribution >= 4 is 22.8 Å². The molecule has 1 aliphatic rings. The number of aryl methyl sites for hydroxylation is 1. The molecule has 7 heteroatoms. The first-order valence-corrected chi connectivity index (χ1v) is 10.7. The maximum absolute atomic E-state index is 12.8. The molecule has 31 heavy (non-hydrogen) atoms. The van der Waals surface area contributed by atoms with Crippen LogP contribution < -0.4 is 20.5 Å². The van der Waals surface area contributed by atoms with Crippen molar-refractivity contribution in [2.45, 2.75) is 19.3 Å². The van der Waals surface area contributed by atoms with E-state index in [-0.39, 0.29) is 17.4 Å². The first kappa shape index (κ1) is 20.9. The zero-order chi connectivity index (χ0) is 21.8. The lowest BCUT2D eigenvalue weighted by Crippen LogP contribution is -2.43. The van der Waals surface area contributed by atoms with Crippen LogP contribution in [-0.4, -0.2) is 42.2 Å². The summed E-state index contributed by atoms with van der Waals surface area (Å²) in [5.41, 5.74) is 2.66. The Morgan fingerprint density at radius 2 is 1.94 bits per heavy atom. The molecule has 1 N–H and O–H groups in total. The van der Waals surface area contributed by atoms with E-state index in [4.69, 9.17) is 4.74 Å². The number of hydrogen-bond acceptors (Lipinski definition) is 5. The Labute approximate surface area is 181 Å². The Morgan fingerprint density at radius 3 is 2.71 bits per heavy atom. The summed E-state index contributed by atoms with van der Waals surface area (Å²) in [6, 6.07) is 15.5. The number of amides is 1. The van der Waals surface area contributed by atoms with E-state index < -0.39 is 0 Å². The molecule has 2 aromatic carbocycles. The summed E-state index contributed by atoms with van der Waals surface area (Å²) >= 11 is 0. The van der Waals surface area contributed by atoms with E-state index in [9.17, 15) is 9.59 Å². The van der Waals surface area contributed by atoms with Gasteiger partial charge in [0.2, 0.25) is 5.91 Å². The lowest BCUT2D eigenvalue weighted by atomic mass is 9.96. The molecule has 0 radical (unpaired) electrons. The minimum absolute atomic E-state index is 0.0362. The molecule has 0 spiro atoms. The average Bonchev–Trinajstić information content (AvgIpc) is 2.81. The molecule has 3 aromatic rings. The molecule has 0 saturated carbocycles. The average molecular weight is 421 g/mol. The minimum Gasteiger partial charge on any atom is -0.497 e. The summed E-state index contributed by atoms with van der Waals surface area (Å²) in [5.74, 6) is 1.34. The number of piperidine rings is 1. The van der Waals surface area contributed by atoms with E-state index >= 15 is 0 Å². The number of para-hydroxylation sites is 2. The van der Waals surface area contributed by atoms with Gasteiger partial charge in [-0.05, 0) is 49.1 Å². The number of aromatic nitrogens is 2. The molecule has 0 aliphatic carbocycles. The van der Waals surface area contributed by atoms with Crippen LogP contribution in [0, 0.1) is 5.92 Å². The second-order valence-corrected chi connectivity index (χ2v) is 7.94. The number of benzene rings is 2. The lowest BCUT2D eigenvalue weighted by Gasteiger charge is -2.32. The van der Waals surface area contributed by atoms with Crippen molar-refractivity contribution in [3.05, 3.63) is 64.4 Å². The van der Waals surface area contributed by atoms with Crippen LogP contribution in [0.4, 0.5) is 5.82 Å². The number of methoxy groups -OCH3 is 1. The standard InChI is InChI=1S/C24H28N4O3/c1-27-21-9-4-3-8-20(21)26-22(24(27)30)28-14-11-18(12-15-28)23(29)25-13-10-17-6-5-7-19(16-17)31-2/h3-9,16,18H,10-15H2,1-2H3,(H,25,29). The van der Waals surface area contributed by atoms with Gasteiger partial charge < -0.3 is 19.5 Å². The van der Waals surface area contributed by atoms with Crippen molar-refractivity contribution in [1.29, 1.82) is 0 Å². The molecule has 162 valence electrons. The first-order chi connectivity index (χ1) is 15.1. The zero-order valence-electron chi connectivity index (χ0n) is 18.0. The van der Waals surface area contributed by atoms with E-state index in [1.165, 1.54) is 0 Å². The van der Waals surface area contributed by atoms with Gasteiger partial charge in [-0.25, -0.2) is 4.98 Å². The second kappa shape index (κ2) is 9.20. The molecule has 1 amide bonds. The van der Waals surface area contributed by atoms with Gasteiger partial charge in [0.1, 0.15) is 5.75 Å². The van der Waals surface area contributed by atoms with Crippen LogP contribution >= 0.6 is 0 Å². The highest BCUT2D eigenvalue weighted by atomic mass is 16.5. The van der Waals surface area contributed by atoms with Gasteiger partial charge in [0.25, 0.3) is 5.56 Å². The van der Waals surface area contributed by atoms with Crippen molar-refractivity contribution in [2.75, 3.05) is 31.6 Å². The number of ether oxygens (including phenoxy) is 1. The smallest absolute Gasteiger partial charge is 0.293 e. The van der Waals surface area contributed by atoms with Crippen LogP contribution in [0.3, 0.4) is 0 Å². The Bertz CT molecular complexity index is 1130. The fourth-order valence-electron chi connectivity index (χ4n) is 4.13. The third-order valence-corrected chi connectivity index (χ3v) is 5.98. The Balaban J connectivity index is 1.33. The quantitative estimate of drug-likeness (QED) is 0.663. The minimum atomic E-state index is -0.0973. The van der Waals surface area contributed by atoms with Crippen molar-refractivity contribution in [1.82, 2.24) is 14.9 Å². The third kappa shape index (κ3) is 4.55. The molecule has 1 aliphatic heterocycles. The van der Waals surface area contributed by atoms with Gasteiger partial charge >= 0.3 is 0 Å². The van der Waals surface area contributed by atoms with Crippen LogP contribution in [0.15, 0.2) is 53.3 Å². The maximum Gasteiger partial charge on any atom is 0.293 e. The van der Waals surface area contributed by atoms with E-state index in [1.54, 1.807) is 18.7 Å². The van der Waals surface area contributed by atoms with E-state index in [0.29, 0.717) is 38.3 Å². The monoisotopic (exact) mass is 420 g/mol. The van der Waals surface area contributed by atoms with Crippen molar-refractivity contribution in [3.8, 4) is 5.75 Å². The first-order valence-electron chi connectivity index (χ1n) is 10.7. The normalized spacial score (nSPS) is 14.6. The third-order valence-electron chi connectivity index (χ3n) is 5.98. The Hall–Kier alpha value is -3.35. The van der Waals surface area contributed by atoms with Gasteiger partial charge in [-0.1, -0.05) is 24.3 Å². The van der Waals surface area contributed by atoms with Gasteiger partial charge in [0.15, 0.2) is 5.82 Å². The van der Waals surface area contributed by atoms with E-state index in [2.05, 4.69) is 10.3 Å². The van der Waals surface area contributed by atoms with Crippen molar-refractivity contribution in [3.63, 3.8) is 0 Å². The van der Waals surface area contributed by atoms with Gasteiger partial charge in [0, 0.05) is 32.6 Å². The summed E-state index contributed by atoms with van der Waals surface area (Å²) < 4.78 is 6.89. The van der Waals surface area contributed by atoms with Crippen molar-refractivity contribution in [2.24, 2.45) is 13.0 Å². The van der Waals surface area contributed by atoms with Gasteiger partial charge in [0.05, 0.1) is 18.1 Å². The Kier molecular flexibility index (Phi) is 6.21. The molecule has 0 unspecified atom stereocenters. The van der Waals surface area contributed by atoms with Crippen LogP contribution in [0.5, 0.6) is 5.75 Å². The highest BCUT2D eigenvalue weighted by Gasteiger charge is 2.27. The number of nitrogens with one attached hydrogen (secondary N) is 1. The fraction of sp³-hybridized carbons (Fsp3) is 0.375. The van der Waals surface area contributed by atoms with Gasteiger partial charge in [-0.2, -0.15) is 0 Å². The summed E-state index contributed by atoms with van der Waals surface area (Å²) in [6.45, 7) is 1.89. The molecule has 7 nitrogen and oxygen atoms in total. The molecular formula is C24H28N4O3. The fourth-order valence-corrected chi connectivity index (χ4v) is 4.13. The van der Waals surface area contributed by atoms with E-state index in [1.807, 2.05) is 53.4 Å². The molecule has 0 bridgehead atoms. The number of hydrogen-bond donors (Lipinski definition) is 1. The summed E-state index contributed by atoms with van der Waals surface area (Å²) in [7, 11) is 3.43. The summed E-state index contributed by atoms with van der Waals surface area (Å²) in [4.78, 5) is 32.0. The van der Waals surface area contributed by atoms with Crippen LogP contribution in [0.1, 0.15) is 18.4 Å². The number of carbonyl (C=O) groups is 1. The number of nitrogens with zero attached hydrogens (tertiary/aromatic N) is 3. The molecule has 4 rings (SSSR count). The molecule has 2 heterocycles. The number of fused-ring (bicyclic) bond motifs is 1. The van der Waals surface area contributed by atoms with Crippen LogP contribution in [-0.2, 0) is 18.3 Å². The molecule has 1 fully saturated rings. The largest absolute Gasteiger partial charge is 0.497 e. The SMILES string of the molecule is COc1cccc(CCNC(=O)C2CCN(c3nc4ccccc4n(C)c3=O)CC2)c1. The van der Waals surface area contributed by atoms with E-state index in [0.717, 1.165) is 28.8 Å². The highest BCUT2D eigenvalue weighted by molar-refractivity contribution is 5.79. The zero-order valence-corrected chi connectivity index (χ0v) is 18.0. The van der Waals surface area contributed by atoms with Gasteiger partial charge in [-0.3, -0.25) is 9.59 Å². The maximum atomic E-state index is 12.8. The van der Waals surface area contributed by atoms with Crippen LogP contribution in [0.25, 0.3) is 11.0 Å². The summed E-state index contributed by atoms with van der Waals surface area (Å²) in [5, 5.41) is 3.06. The topological polar surface area (TPSA) is 76.5 Å². The predicted octanol–water partition coefficient (Wildman–Crippen LogP) is 2.52. The Morgan fingerprint density at radius 1 is 1.16 bits per heavy atom. The van der Waals surface area contributed by atoms with Crippen LogP contribution in [0.2, 0.25) is 0 Å². The molecule has 0 atom stereocenters. The number of carbonyl (C=O) groups excluding carboxylic acids is 1. The summed E-state index contributed by atoms with van der Waals surface area (Å²) in [6.07, 6.45) is 2.18. The lowest BCUT2D eigenvalue weighted by molar-refractivity contribution is -0.125. The number of anilines is 1. The molecule has 1 aromatic heterocycles. The second-order valence-electron chi connectivity index (χ2n) is 7.94. The predicted molar refractivity (Wildman–Crippen MR) is 122 cm³/mol.